The van der Waals surface area contributed by atoms with E-state index < -0.39 is 50.1 Å². The first-order valence-corrected chi connectivity index (χ1v) is 6.75. The van der Waals surface area contributed by atoms with Gasteiger partial charge in [0.2, 0.25) is 5.82 Å². The van der Waals surface area contributed by atoms with Crippen LogP contribution in [0.15, 0.2) is 0 Å². The smallest absolute Gasteiger partial charge is 0.328 e. The molecular formula is C6H3F5NO4P2+. The third kappa shape index (κ3) is 2.57. The first kappa shape index (κ1) is 15.1. The molecule has 0 radical (unpaired) electrons. The van der Waals surface area contributed by atoms with Gasteiger partial charge in [0.15, 0.2) is 23.3 Å². The SMILES string of the molecule is O=[P+](O)NP(=O)(O)c1c(F)c(F)c(F)c(F)c1F. The molecule has 0 aliphatic rings. The predicted octanol–water partition coefficient (Wildman–Crippen LogP) is 1.43. The van der Waals surface area contributed by atoms with Crippen LogP contribution in [0.5, 0.6) is 0 Å². The van der Waals surface area contributed by atoms with Gasteiger partial charge in [0.05, 0.1) is 0 Å². The maximum Gasteiger partial charge on any atom is 0.619 e. The Morgan fingerprint density at radius 2 is 1.28 bits per heavy atom. The summed E-state index contributed by atoms with van der Waals surface area (Å²) in [5, 5.41) is -2.09. The van der Waals surface area contributed by atoms with Gasteiger partial charge in [-0.25, -0.2) is 22.0 Å². The lowest BCUT2D eigenvalue weighted by molar-refractivity contribution is 0.381. The van der Waals surface area contributed by atoms with Crippen molar-refractivity contribution in [1.29, 1.82) is 0 Å². The van der Waals surface area contributed by atoms with E-state index >= 15 is 0 Å². The minimum absolute atomic E-state index is 0.931. The maximum atomic E-state index is 13.1. The molecule has 2 atom stereocenters. The second kappa shape index (κ2) is 4.99. The van der Waals surface area contributed by atoms with Crippen LogP contribution in [0.25, 0.3) is 0 Å². The monoisotopic (exact) mass is 310 g/mol. The molecule has 0 fully saturated rings. The number of rotatable bonds is 3. The summed E-state index contributed by atoms with van der Waals surface area (Å²) in [7, 11) is -8.98. The summed E-state index contributed by atoms with van der Waals surface area (Å²) in [6, 6.07) is 0. The van der Waals surface area contributed by atoms with Crippen molar-refractivity contribution in [2.45, 2.75) is 0 Å². The van der Waals surface area contributed by atoms with Gasteiger partial charge in [-0.05, 0) is 4.57 Å². The molecule has 0 aliphatic carbocycles. The number of nitrogens with one attached hydrogen (secondary N) is 1. The minimum Gasteiger partial charge on any atom is -0.328 e. The molecule has 12 heteroatoms. The van der Waals surface area contributed by atoms with E-state index in [4.69, 9.17) is 9.79 Å². The van der Waals surface area contributed by atoms with E-state index in [9.17, 15) is 31.1 Å². The zero-order valence-electron chi connectivity index (χ0n) is 8.00. The lowest BCUT2D eigenvalue weighted by atomic mass is 10.3. The van der Waals surface area contributed by atoms with Gasteiger partial charge in [-0.15, -0.1) is 4.89 Å². The van der Waals surface area contributed by atoms with E-state index in [0.29, 0.717) is 0 Å². The normalized spacial score (nSPS) is 15.4. The van der Waals surface area contributed by atoms with Crippen LogP contribution in [0.1, 0.15) is 0 Å². The zero-order chi connectivity index (χ0) is 14.2. The summed E-state index contributed by atoms with van der Waals surface area (Å²) < 4.78 is 85.7. The van der Waals surface area contributed by atoms with Crippen molar-refractivity contribution < 1.29 is 40.9 Å². The van der Waals surface area contributed by atoms with E-state index in [2.05, 4.69) is 0 Å². The van der Waals surface area contributed by atoms with E-state index in [-0.39, 0.29) is 0 Å². The Hall–Kier alpha value is -0.920. The molecule has 18 heavy (non-hydrogen) atoms. The molecule has 1 aromatic carbocycles. The highest BCUT2D eigenvalue weighted by atomic mass is 31.2. The van der Waals surface area contributed by atoms with E-state index in [1.54, 1.807) is 0 Å². The van der Waals surface area contributed by atoms with E-state index in [1.807, 2.05) is 0 Å². The third-order valence-corrected chi connectivity index (χ3v) is 4.48. The fourth-order valence-corrected chi connectivity index (χ4v) is 3.08. The van der Waals surface area contributed by atoms with Crippen LogP contribution in [-0.4, -0.2) is 9.79 Å². The molecule has 0 aliphatic heterocycles. The Balaban J connectivity index is 3.61. The van der Waals surface area contributed by atoms with Gasteiger partial charge in [0, 0.05) is 4.86 Å². The summed E-state index contributed by atoms with van der Waals surface area (Å²) in [4.78, 5) is 18.2. The molecule has 5 nitrogen and oxygen atoms in total. The topological polar surface area (TPSA) is 86.6 Å². The standard InChI is InChI=1S/C6H2F5NO4P2/c7-1-2(8)4(10)6(5(11)3(1)9)18(15,16)12-17(13)14/h(H2-,12,13,14,15,16)/p+1. The van der Waals surface area contributed by atoms with Gasteiger partial charge in [-0.3, -0.25) is 4.57 Å². The number of halogens is 5. The van der Waals surface area contributed by atoms with Gasteiger partial charge in [-0.1, -0.05) is 0 Å². The second-order valence-corrected chi connectivity index (χ2v) is 5.81. The van der Waals surface area contributed by atoms with Crippen LogP contribution in [0.4, 0.5) is 22.0 Å². The number of hydrogen-bond donors (Lipinski definition) is 3. The van der Waals surface area contributed by atoms with Crippen molar-refractivity contribution in [1.82, 2.24) is 4.86 Å². The summed E-state index contributed by atoms with van der Waals surface area (Å²) in [6.07, 6.45) is 0. The minimum atomic E-state index is -5.43. The molecule has 0 saturated carbocycles. The fraction of sp³-hybridized carbons (Fsp3) is 0. The van der Waals surface area contributed by atoms with Gasteiger partial charge in [0.1, 0.15) is 5.30 Å². The highest BCUT2D eigenvalue weighted by Crippen LogP contribution is 2.42. The fourth-order valence-electron chi connectivity index (χ4n) is 1.03. The van der Waals surface area contributed by atoms with Gasteiger partial charge in [0.25, 0.3) is 0 Å². The second-order valence-electron chi connectivity index (χ2n) is 2.87. The van der Waals surface area contributed by atoms with Crippen molar-refractivity contribution in [2.24, 2.45) is 0 Å². The average Bonchev–Trinajstić information content (AvgIpc) is 2.21. The predicted molar refractivity (Wildman–Crippen MR) is 48.7 cm³/mol. The molecular weight excluding hydrogens is 307 g/mol. The quantitative estimate of drug-likeness (QED) is 0.340. The lowest BCUT2D eigenvalue weighted by Crippen LogP contribution is -2.25. The molecule has 3 N–H and O–H groups in total. The Morgan fingerprint density at radius 1 is 0.944 bits per heavy atom. The van der Waals surface area contributed by atoms with Crippen molar-refractivity contribution in [3.05, 3.63) is 29.1 Å². The largest absolute Gasteiger partial charge is 0.619 e. The van der Waals surface area contributed by atoms with Gasteiger partial charge < -0.3 is 4.89 Å². The zero-order valence-corrected chi connectivity index (χ0v) is 9.78. The molecule has 0 bridgehead atoms. The lowest BCUT2D eigenvalue weighted by Gasteiger charge is -2.10. The summed E-state index contributed by atoms with van der Waals surface area (Å²) in [6.45, 7) is 0. The molecule has 1 aromatic rings. The van der Waals surface area contributed by atoms with Crippen LogP contribution < -0.4 is 10.2 Å². The van der Waals surface area contributed by atoms with Crippen molar-refractivity contribution in [2.75, 3.05) is 0 Å². The van der Waals surface area contributed by atoms with Gasteiger partial charge >= 0.3 is 15.7 Å². The molecule has 2 unspecified atom stereocenters. The highest BCUT2D eigenvalue weighted by molar-refractivity contribution is 7.70. The first-order valence-electron chi connectivity index (χ1n) is 3.88. The summed E-state index contributed by atoms with van der Waals surface area (Å²) in [5.74, 6) is -12.5. The molecule has 0 saturated heterocycles. The Bertz CT molecular complexity index is 551. The van der Waals surface area contributed by atoms with Crippen molar-refractivity contribution in [3.8, 4) is 0 Å². The van der Waals surface area contributed by atoms with Crippen LogP contribution >= 0.6 is 15.7 Å². The number of hydrogen-bond acceptors (Lipinski definition) is 2. The molecule has 1 rings (SSSR count). The molecule has 0 amide bonds. The Labute approximate surface area is 96.7 Å². The van der Waals surface area contributed by atoms with E-state index in [1.165, 1.54) is 0 Å². The van der Waals surface area contributed by atoms with Crippen LogP contribution in [0.3, 0.4) is 0 Å². The Morgan fingerprint density at radius 3 is 1.61 bits per heavy atom. The van der Waals surface area contributed by atoms with Crippen LogP contribution in [0, 0.1) is 29.1 Å². The average molecular weight is 310 g/mol. The summed E-state index contributed by atoms with van der Waals surface area (Å²) >= 11 is 0. The van der Waals surface area contributed by atoms with Crippen molar-refractivity contribution >= 4 is 21.0 Å². The maximum absolute atomic E-state index is 13.1. The first-order chi connectivity index (χ1) is 8.09. The van der Waals surface area contributed by atoms with Gasteiger partial charge in [-0.2, -0.15) is 0 Å². The number of benzene rings is 1. The molecule has 100 valence electrons. The van der Waals surface area contributed by atoms with Crippen molar-refractivity contribution in [3.63, 3.8) is 0 Å². The Kier molecular flexibility index (Phi) is 4.19. The molecule has 0 aromatic heterocycles. The van der Waals surface area contributed by atoms with E-state index in [0.717, 1.165) is 4.86 Å². The third-order valence-electron chi connectivity index (χ3n) is 1.71. The highest BCUT2D eigenvalue weighted by Gasteiger charge is 2.41. The molecule has 0 spiro atoms. The van der Waals surface area contributed by atoms with Crippen LogP contribution in [-0.2, 0) is 9.13 Å². The summed E-state index contributed by atoms with van der Waals surface area (Å²) in [5.41, 5.74) is 0. The van der Waals surface area contributed by atoms with Crippen LogP contribution in [0.2, 0.25) is 0 Å². The molecule has 0 heterocycles.